The van der Waals surface area contributed by atoms with Crippen LogP contribution >= 0.6 is 22.9 Å². The number of carbonyl (C=O) groups is 1. The Morgan fingerprint density at radius 3 is 2.46 bits per heavy atom. The number of anilines is 1. The van der Waals surface area contributed by atoms with Gasteiger partial charge in [-0.25, -0.2) is 18.2 Å². The van der Waals surface area contributed by atoms with Crippen LogP contribution in [0.5, 0.6) is 0 Å². The SMILES string of the molecule is O=C(O)c1cccc(N2CCN(S(=O)(=O)c3ccc(Cl)s3)CC2)n1. The van der Waals surface area contributed by atoms with Crippen LogP contribution in [0.4, 0.5) is 5.82 Å². The summed E-state index contributed by atoms with van der Waals surface area (Å²) in [5.41, 5.74) is -0.0317. The molecule has 0 amide bonds. The Morgan fingerprint density at radius 1 is 1.17 bits per heavy atom. The Bertz CT molecular complexity index is 860. The molecule has 0 bridgehead atoms. The first-order valence-electron chi connectivity index (χ1n) is 7.09. The molecule has 2 aromatic heterocycles. The van der Waals surface area contributed by atoms with Crippen LogP contribution in [0.3, 0.4) is 0 Å². The molecule has 1 aliphatic heterocycles. The molecule has 0 aromatic carbocycles. The van der Waals surface area contributed by atoms with E-state index in [1.54, 1.807) is 18.2 Å². The van der Waals surface area contributed by atoms with Crippen molar-refractivity contribution in [3.8, 4) is 0 Å². The normalized spacial score (nSPS) is 16.3. The largest absolute Gasteiger partial charge is 0.477 e. The second kappa shape index (κ2) is 6.67. The average molecular weight is 388 g/mol. The molecule has 0 spiro atoms. The molecule has 0 radical (unpaired) electrons. The maximum atomic E-state index is 12.6. The van der Waals surface area contributed by atoms with Crippen LogP contribution in [-0.2, 0) is 10.0 Å². The lowest BCUT2D eigenvalue weighted by Crippen LogP contribution is -2.48. The third-order valence-corrected chi connectivity index (χ3v) is 7.26. The summed E-state index contributed by atoms with van der Waals surface area (Å²) in [6.07, 6.45) is 0. The number of thiophene rings is 1. The van der Waals surface area contributed by atoms with Crippen LogP contribution in [0.1, 0.15) is 10.5 Å². The van der Waals surface area contributed by atoms with Crippen LogP contribution in [-0.4, -0.2) is 55.0 Å². The average Bonchev–Trinajstić information content (AvgIpc) is 3.02. The number of aromatic nitrogens is 1. The van der Waals surface area contributed by atoms with Gasteiger partial charge in [-0.3, -0.25) is 0 Å². The minimum Gasteiger partial charge on any atom is -0.477 e. The topological polar surface area (TPSA) is 90.8 Å². The summed E-state index contributed by atoms with van der Waals surface area (Å²) < 4.78 is 27.2. The lowest BCUT2D eigenvalue weighted by Gasteiger charge is -2.34. The first kappa shape index (κ1) is 17.2. The van der Waals surface area contributed by atoms with Crippen molar-refractivity contribution in [1.29, 1.82) is 0 Å². The van der Waals surface area contributed by atoms with Gasteiger partial charge in [0.15, 0.2) is 5.69 Å². The number of nitrogens with zero attached hydrogens (tertiary/aromatic N) is 3. The zero-order valence-electron chi connectivity index (χ0n) is 12.4. The Morgan fingerprint density at radius 2 is 1.88 bits per heavy atom. The van der Waals surface area contributed by atoms with Gasteiger partial charge < -0.3 is 10.0 Å². The van der Waals surface area contributed by atoms with Crippen molar-refractivity contribution in [3.05, 3.63) is 40.4 Å². The monoisotopic (exact) mass is 387 g/mol. The molecule has 24 heavy (non-hydrogen) atoms. The van der Waals surface area contributed by atoms with Gasteiger partial charge in [0.2, 0.25) is 0 Å². The van der Waals surface area contributed by atoms with E-state index < -0.39 is 16.0 Å². The number of rotatable bonds is 4. The van der Waals surface area contributed by atoms with E-state index in [0.717, 1.165) is 11.3 Å². The first-order chi connectivity index (χ1) is 11.4. The molecule has 1 saturated heterocycles. The summed E-state index contributed by atoms with van der Waals surface area (Å²) >= 11 is 6.86. The number of carboxylic acid groups (broad SMARTS) is 1. The zero-order valence-corrected chi connectivity index (χ0v) is 14.8. The van der Waals surface area contributed by atoms with Gasteiger partial charge >= 0.3 is 5.97 Å². The molecule has 3 heterocycles. The quantitative estimate of drug-likeness (QED) is 0.862. The van der Waals surface area contributed by atoms with Crippen LogP contribution in [0, 0.1) is 0 Å². The summed E-state index contributed by atoms with van der Waals surface area (Å²) in [5.74, 6) is -0.557. The Labute approximate surface area is 148 Å². The maximum absolute atomic E-state index is 12.6. The first-order valence-corrected chi connectivity index (χ1v) is 9.72. The van der Waals surface area contributed by atoms with Gasteiger partial charge in [0, 0.05) is 26.2 Å². The second-order valence-corrected chi connectivity index (χ2v) is 9.02. The number of sulfonamides is 1. The molecule has 1 fully saturated rings. The molecule has 1 aliphatic rings. The molecule has 1 N–H and O–H groups in total. The number of piperazine rings is 1. The third kappa shape index (κ3) is 3.39. The van der Waals surface area contributed by atoms with Crippen LogP contribution < -0.4 is 4.90 Å². The van der Waals surface area contributed by atoms with Gasteiger partial charge in [0.05, 0.1) is 4.34 Å². The molecule has 0 aliphatic carbocycles. The molecule has 2 aromatic rings. The third-order valence-electron chi connectivity index (χ3n) is 3.66. The Balaban J connectivity index is 1.72. The molecule has 0 saturated carbocycles. The molecule has 3 rings (SSSR count). The Kier molecular flexibility index (Phi) is 4.77. The lowest BCUT2D eigenvalue weighted by atomic mass is 10.3. The molecular formula is C14H14ClN3O4S2. The molecule has 7 nitrogen and oxygen atoms in total. The standard InChI is InChI=1S/C14H14ClN3O4S2/c15-11-4-5-13(23-11)24(21,22)18-8-6-17(7-9-18)12-3-1-2-10(16-12)14(19)20/h1-5H,6-9H2,(H,19,20). The van der Waals surface area contributed by atoms with Gasteiger partial charge in [0.25, 0.3) is 10.0 Å². The van der Waals surface area contributed by atoms with Crippen molar-refractivity contribution < 1.29 is 18.3 Å². The second-order valence-electron chi connectivity index (χ2n) is 5.14. The number of hydrogen-bond acceptors (Lipinski definition) is 6. The highest BCUT2D eigenvalue weighted by Gasteiger charge is 2.30. The summed E-state index contributed by atoms with van der Waals surface area (Å²) in [7, 11) is -3.54. The van der Waals surface area contributed by atoms with Crippen LogP contribution in [0.25, 0.3) is 0 Å². The summed E-state index contributed by atoms with van der Waals surface area (Å²) in [6.45, 7) is 1.48. The van der Waals surface area contributed by atoms with E-state index in [0.29, 0.717) is 36.3 Å². The summed E-state index contributed by atoms with van der Waals surface area (Å²) in [4.78, 5) is 17.0. The maximum Gasteiger partial charge on any atom is 0.354 e. The van der Waals surface area contributed by atoms with E-state index in [1.165, 1.54) is 16.4 Å². The van der Waals surface area contributed by atoms with Crippen molar-refractivity contribution >= 4 is 44.7 Å². The minimum absolute atomic E-state index is 0.0317. The van der Waals surface area contributed by atoms with Gasteiger partial charge in [-0.1, -0.05) is 17.7 Å². The van der Waals surface area contributed by atoms with Crippen LogP contribution in [0.2, 0.25) is 4.34 Å². The van der Waals surface area contributed by atoms with Crippen molar-refractivity contribution in [2.75, 3.05) is 31.1 Å². The lowest BCUT2D eigenvalue weighted by molar-refractivity contribution is 0.0690. The highest BCUT2D eigenvalue weighted by atomic mass is 35.5. The highest BCUT2D eigenvalue weighted by Crippen LogP contribution is 2.29. The number of halogens is 1. The molecule has 0 unspecified atom stereocenters. The van der Waals surface area contributed by atoms with E-state index in [1.807, 2.05) is 4.90 Å². The van der Waals surface area contributed by atoms with Crippen molar-refractivity contribution in [2.24, 2.45) is 0 Å². The van der Waals surface area contributed by atoms with Gasteiger partial charge in [-0.05, 0) is 24.3 Å². The smallest absolute Gasteiger partial charge is 0.354 e. The van der Waals surface area contributed by atoms with Crippen molar-refractivity contribution in [2.45, 2.75) is 4.21 Å². The van der Waals surface area contributed by atoms with E-state index in [2.05, 4.69) is 4.98 Å². The van der Waals surface area contributed by atoms with Gasteiger partial charge in [0.1, 0.15) is 10.0 Å². The number of carboxylic acids is 1. The summed E-state index contributed by atoms with van der Waals surface area (Å²) in [6, 6.07) is 7.84. The fraction of sp³-hybridized carbons (Fsp3) is 0.286. The molecule has 0 atom stereocenters. The Hall–Kier alpha value is -1.68. The number of hydrogen-bond donors (Lipinski definition) is 1. The molecular weight excluding hydrogens is 374 g/mol. The van der Waals surface area contributed by atoms with E-state index in [9.17, 15) is 13.2 Å². The van der Waals surface area contributed by atoms with E-state index >= 15 is 0 Å². The number of pyridine rings is 1. The van der Waals surface area contributed by atoms with Crippen molar-refractivity contribution in [3.63, 3.8) is 0 Å². The fourth-order valence-corrected chi connectivity index (χ4v) is 5.50. The minimum atomic E-state index is -3.54. The molecule has 10 heteroatoms. The van der Waals surface area contributed by atoms with Gasteiger partial charge in [-0.15, -0.1) is 11.3 Å². The fourth-order valence-electron chi connectivity index (χ4n) is 2.44. The predicted molar refractivity (Wildman–Crippen MR) is 91.5 cm³/mol. The predicted octanol–water partition coefficient (Wildman–Crippen LogP) is 2.01. The highest BCUT2D eigenvalue weighted by molar-refractivity contribution is 7.91. The summed E-state index contributed by atoms with van der Waals surface area (Å²) in [5, 5.41) is 9.01. The van der Waals surface area contributed by atoms with Crippen LogP contribution in [0.15, 0.2) is 34.5 Å². The van der Waals surface area contributed by atoms with Gasteiger partial charge in [-0.2, -0.15) is 4.31 Å². The van der Waals surface area contributed by atoms with E-state index in [4.69, 9.17) is 16.7 Å². The number of aromatic carboxylic acids is 1. The zero-order chi connectivity index (χ0) is 17.3. The van der Waals surface area contributed by atoms with Crippen molar-refractivity contribution in [1.82, 2.24) is 9.29 Å². The molecule has 128 valence electrons. The van der Waals surface area contributed by atoms with E-state index in [-0.39, 0.29) is 9.90 Å².